The Morgan fingerprint density at radius 2 is 2.36 bits per heavy atom. The summed E-state index contributed by atoms with van der Waals surface area (Å²) < 4.78 is 1.06. The van der Waals surface area contributed by atoms with Gasteiger partial charge in [-0.1, -0.05) is 0 Å². The van der Waals surface area contributed by atoms with Gasteiger partial charge in [-0.15, -0.1) is 11.3 Å². The first kappa shape index (κ1) is 9.31. The Morgan fingerprint density at radius 1 is 1.50 bits per heavy atom. The standard InChI is InChI=1S/C10H13BrN2S/c1-13-6-3-2-4-8(13)9-7(5-6)12-10(11)14-9/h6,8H,2-5H2,1H3. The first-order valence-corrected chi connectivity index (χ1v) is 6.73. The SMILES string of the molecule is CN1C2CCCC1c1sc(Br)nc1C2. The summed E-state index contributed by atoms with van der Waals surface area (Å²) in [5, 5.41) is 0. The van der Waals surface area contributed by atoms with Gasteiger partial charge in [0.1, 0.15) is 0 Å². The highest BCUT2D eigenvalue weighted by Gasteiger charge is 2.36. The Hall–Kier alpha value is 0.0700. The van der Waals surface area contributed by atoms with Gasteiger partial charge in [-0.25, -0.2) is 4.98 Å². The van der Waals surface area contributed by atoms with Gasteiger partial charge in [-0.2, -0.15) is 0 Å². The zero-order valence-corrected chi connectivity index (χ0v) is 10.6. The number of aromatic nitrogens is 1. The van der Waals surface area contributed by atoms with Gasteiger partial charge in [0.15, 0.2) is 3.92 Å². The first-order chi connectivity index (χ1) is 6.75. The molecular weight excluding hydrogens is 260 g/mol. The first-order valence-electron chi connectivity index (χ1n) is 5.13. The van der Waals surface area contributed by atoms with Crippen LogP contribution in [0.3, 0.4) is 0 Å². The van der Waals surface area contributed by atoms with E-state index in [0.29, 0.717) is 6.04 Å². The maximum atomic E-state index is 4.58. The summed E-state index contributed by atoms with van der Waals surface area (Å²) in [5.74, 6) is 0. The zero-order chi connectivity index (χ0) is 9.71. The third-order valence-corrected chi connectivity index (χ3v) is 5.17. The predicted molar refractivity (Wildman–Crippen MR) is 61.7 cm³/mol. The van der Waals surface area contributed by atoms with Gasteiger partial charge in [0, 0.05) is 23.4 Å². The van der Waals surface area contributed by atoms with Gasteiger partial charge >= 0.3 is 0 Å². The van der Waals surface area contributed by atoms with E-state index >= 15 is 0 Å². The largest absolute Gasteiger partial charge is 0.295 e. The van der Waals surface area contributed by atoms with E-state index in [2.05, 4.69) is 32.9 Å². The van der Waals surface area contributed by atoms with E-state index in [1.165, 1.54) is 29.8 Å². The summed E-state index contributed by atoms with van der Waals surface area (Å²) in [5.41, 5.74) is 1.36. The highest BCUT2D eigenvalue weighted by atomic mass is 79.9. The number of hydrogen-bond donors (Lipinski definition) is 0. The Labute approximate surface area is 96.5 Å². The third kappa shape index (κ3) is 1.27. The molecule has 3 rings (SSSR count). The quantitative estimate of drug-likeness (QED) is 0.722. The lowest BCUT2D eigenvalue weighted by Crippen LogP contribution is -2.43. The van der Waals surface area contributed by atoms with Crippen molar-refractivity contribution in [3.05, 3.63) is 14.5 Å². The summed E-state index contributed by atoms with van der Waals surface area (Å²) in [6, 6.07) is 1.40. The fraction of sp³-hybridized carbons (Fsp3) is 0.700. The minimum Gasteiger partial charge on any atom is -0.295 e. The summed E-state index contributed by atoms with van der Waals surface area (Å²) in [4.78, 5) is 8.64. The molecule has 0 amide bonds. The second-order valence-corrected chi connectivity index (χ2v) is 6.55. The van der Waals surface area contributed by atoms with Crippen molar-refractivity contribution >= 4 is 27.3 Å². The van der Waals surface area contributed by atoms with Crippen LogP contribution in [-0.4, -0.2) is 23.0 Å². The smallest absolute Gasteiger partial charge is 0.159 e. The van der Waals surface area contributed by atoms with E-state index in [1.54, 1.807) is 0 Å². The second-order valence-electron chi connectivity index (χ2n) is 4.25. The van der Waals surface area contributed by atoms with Crippen molar-refractivity contribution in [2.75, 3.05) is 7.05 Å². The fourth-order valence-corrected chi connectivity index (χ4v) is 4.48. The van der Waals surface area contributed by atoms with Crippen LogP contribution in [-0.2, 0) is 6.42 Å². The Balaban J connectivity index is 2.07. The lowest BCUT2D eigenvalue weighted by atomic mass is 9.87. The number of rotatable bonds is 0. The van der Waals surface area contributed by atoms with Crippen molar-refractivity contribution in [2.45, 2.75) is 37.8 Å². The minimum absolute atomic E-state index is 0.654. The van der Waals surface area contributed by atoms with E-state index in [4.69, 9.17) is 0 Å². The van der Waals surface area contributed by atoms with Crippen molar-refractivity contribution in [3.8, 4) is 0 Å². The number of piperidine rings is 1. The number of nitrogens with zero attached hydrogens (tertiary/aromatic N) is 2. The number of likely N-dealkylation sites (N-methyl/N-ethyl adjacent to an activating group) is 1. The van der Waals surface area contributed by atoms with Gasteiger partial charge in [0.05, 0.1) is 5.69 Å². The normalized spacial score (nSPS) is 31.6. The van der Waals surface area contributed by atoms with Crippen molar-refractivity contribution in [2.24, 2.45) is 0 Å². The lowest BCUT2D eigenvalue weighted by molar-refractivity contribution is 0.102. The molecule has 0 N–H and O–H groups in total. The molecule has 2 nitrogen and oxygen atoms in total. The van der Waals surface area contributed by atoms with Crippen LogP contribution in [0, 0.1) is 0 Å². The average molecular weight is 273 g/mol. The Morgan fingerprint density at radius 3 is 3.21 bits per heavy atom. The predicted octanol–water partition coefficient (Wildman–Crippen LogP) is 2.99. The summed E-state index contributed by atoms with van der Waals surface area (Å²) in [6.07, 6.45) is 5.20. The second kappa shape index (κ2) is 3.29. The number of fused-ring (bicyclic) bond motifs is 4. The Bertz CT molecular complexity index is 363. The summed E-state index contributed by atoms with van der Waals surface area (Å²) >= 11 is 5.32. The molecule has 1 aromatic rings. The van der Waals surface area contributed by atoms with Crippen LogP contribution in [0.25, 0.3) is 0 Å². The van der Waals surface area contributed by atoms with Crippen molar-refractivity contribution in [1.82, 2.24) is 9.88 Å². The molecule has 4 heteroatoms. The molecule has 0 radical (unpaired) electrons. The molecule has 1 fully saturated rings. The topological polar surface area (TPSA) is 16.1 Å². The highest BCUT2D eigenvalue weighted by molar-refractivity contribution is 9.11. The molecule has 2 aliphatic heterocycles. The van der Waals surface area contributed by atoms with Crippen LogP contribution in [0.5, 0.6) is 0 Å². The maximum Gasteiger partial charge on any atom is 0.159 e. The number of thiazole rings is 1. The van der Waals surface area contributed by atoms with Crippen LogP contribution in [0.4, 0.5) is 0 Å². The molecule has 0 saturated carbocycles. The number of halogens is 1. The zero-order valence-electron chi connectivity index (χ0n) is 8.16. The van der Waals surface area contributed by atoms with Gasteiger partial charge in [0.25, 0.3) is 0 Å². The molecule has 76 valence electrons. The minimum atomic E-state index is 0.654. The molecule has 0 spiro atoms. The van der Waals surface area contributed by atoms with E-state index in [1.807, 2.05) is 11.3 Å². The summed E-state index contributed by atoms with van der Waals surface area (Å²) in [6.45, 7) is 0. The average Bonchev–Trinajstić information content (AvgIpc) is 2.47. The lowest BCUT2D eigenvalue weighted by Gasteiger charge is -2.42. The third-order valence-electron chi connectivity index (χ3n) is 3.52. The molecule has 1 aromatic heterocycles. The van der Waals surface area contributed by atoms with Gasteiger partial charge in [0.2, 0.25) is 0 Å². The van der Waals surface area contributed by atoms with Crippen LogP contribution < -0.4 is 0 Å². The van der Waals surface area contributed by atoms with E-state index in [9.17, 15) is 0 Å². The van der Waals surface area contributed by atoms with Crippen LogP contribution in [0.1, 0.15) is 35.9 Å². The summed E-state index contributed by atoms with van der Waals surface area (Å²) in [7, 11) is 2.27. The van der Waals surface area contributed by atoms with Crippen LogP contribution >= 0.6 is 27.3 Å². The van der Waals surface area contributed by atoms with Crippen molar-refractivity contribution in [3.63, 3.8) is 0 Å². The van der Waals surface area contributed by atoms with Gasteiger partial charge in [-0.05, 0) is 42.2 Å². The molecule has 0 aromatic carbocycles. The molecule has 2 unspecified atom stereocenters. The molecule has 14 heavy (non-hydrogen) atoms. The molecule has 2 aliphatic rings. The van der Waals surface area contributed by atoms with Gasteiger partial charge < -0.3 is 0 Å². The molecule has 0 aliphatic carbocycles. The van der Waals surface area contributed by atoms with E-state index < -0.39 is 0 Å². The fourth-order valence-electron chi connectivity index (χ4n) is 2.73. The van der Waals surface area contributed by atoms with Crippen LogP contribution in [0.2, 0.25) is 0 Å². The molecular formula is C10H13BrN2S. The van der Waals surface area contributed by atoms with Crippen molar-refractivity contribution < 1.29 is 0 Å². The monoisotopic (exact) mass is 272 g/mol. The van der Waals surface area contributed by atoms with E-state index in [0.717, 1.165) is 16.4 Å². The van der Waals surface area contributed by atoms with Crippen LogP contribution in [0.15, 0.2) is 3.92 Å². The number of hydrogen-bond acceptors (Lipinski definition) is 3. The Kier molecular flexibility index (Phi) is 2.18. The molecule has 2 atom stereocenters. The molecule has 2 bridgehead atoms. The molecule has 1 saturated heterocycles. The molecule has 3 heterocycles. The maximum absolute atomic E-state index is 4.58. The van der Waals surface area contributed by atoms with E-state index in [-0.39, 0.29) is 0 Å². The van der Waals surface area contributed by atoms with Gasteiger partial charge in [-0.3, -0.25) is 4.90 Å². The van der Waals surface area contributed by atoms with Crippen molar-refractivity contribution in [1.29, 1.82) is 0 Å². The highest BCUT2D eigenvalue weighted by Crippen LogP contribution is 2.43.